The number of pyridine rings is 1. The second-order valence-electron chi connectivity index (χ2n) is 3.01. The van der Waals surface area contributed by atoms with Crippen LogP contribution in [0.2, 0.25) is 0 Å². The van der Waals surface area contributed by atoms with Crippen LogP contribution in [0.15, 0.2) is 18.5 Å². The lowest BCUT2D eigenvalue weighted by molar-refractivity contribution is 0.402. The van der Waals surface area contributed by atoms with Crippen molar-refractivity contribution in [1.82, 2.24) is 4.98 Å². The van der Waals surface area contributed by atoms with Gasteiger partial charge in [0.15, 0.2) is 0 Å². The van der Waals surface area contributed by atoms with Gasteiger partial charge in [-0.1, -0.05) is 13.3 Å². The molecule has 0 fully saturated rings. The first-order valence-electron chi connectivity index (χ1n) is 4.53. The van der Waals surface area contributed by atoms with Gasteiger partial charge in [0.05, 0.1) is 13.3 Å². The molecule has 0 spiro atoms. The summed E-state index contributed by atoms with van der Waals surface area (Å²) >= 11 is 0. The van der Waals surface area contributed by atoms with Crippen molar-refractivity contribution >= 4 is 0 Å². The maximum absolute atomic E-state index is 5.97. The first-order valence-corrected chi connectivity index (χ1v) is 4.53. The fourth-order valence-corrected chi connectivity index (χ4v) is 1.33. The number of hydrogen-bond donors (Lipinski definition) is 1. The van der Waals surface area contributed by atoms with Crippen LogP contribution in [0, 0.1) is 0 Å². The summed E-state index contributed by atoms with van der Waals surface area (Å²) < 4.78 is 5.17. The lowest BCUT2D eigenvalue weighted by Crippen LogP contribution is -2.11. The summed E-state index contributed by atoms with van der Waals surface area (Å²) in [5, 5.41) is 0. The van der Waals surface area contributed by atoms with E-state index in [0.717, 1.165) is 24.2 Å². The predicted molar refractivity (Wildman–Crippen MR) is 52.6 cm³/mol. The molecule has 1 aromatic rings. The number of nitrogens with two attached hydrogens (primary N) is 1. The first-order chi connectivity index (χ1) is 6.29. The van der Waals surface area contributed by atoms with Gasteiger partial charge in [-0.15, -0.1) is 0 Å². The topological polar surface area (TPSA) is 48.1 Å². The molecule has 0 saturated carbocycles. The third-order valence-corrected chi connectivity index (χ3v) is 2.04. The molecule has 1 unspecified atom stereocenters. The van der Waals surface area contributed by atoms with Crippen molar-refractivity contribution in [3.63, 3.8) is 0 Å². The summed E-state index contributed by atoms with van der Waals surface area (Å²) in [5.41, 5.74) is 7.02. The molecule has 0 aliphatic heterocycles. The SMILES string of the molecule is CCCC(N)c1ccncc1OC. The summed E-state index contributed by atoms with van der Waals surface area (Å²) in [5.74, 6) is 0.781. The minimum Gasteiger partial charge on any atom is -0.495 e. The molecule has 72 valence electrons. The number of ether oxygens (including phenoxy) is 1. The van der Waals surface area contributed by atoms with Crippen molar-refractivity contribution in [1.29, 1.82) is 0 Å². The van der Waals surface area contributed by atoms with Crippen LogP contribution in [0.4, 0.5) is 0 Å². The van der Waals surface area contributed by atoms with E-state index in [1.165, 1.54) is 0 Å². The summed E-state index contributed by atoms with van der Waals surface area (Å²) in [4.78, 5) is 3.98. The van der Waals surface area contributed by atoms with E-state index in [1.54, 1.807) is 19.5 Å². The highest BCUT2D eigenvalue weighted by Gasteiger charge is 2.09. The lowest BCUT2D eigenvalue weighted by atomic mass is 10.0. The minimum absolute atomic E-state index is 0.0583. The monoisotopic (exact) mass is 180 g/mol. The van der Waals surface area contributed by atoms with Crippen molar-refractivity contribution in [2.45, 2.75) is 25.8 Å². The Hall–Kier alpha value is -1.09. The second-order valence-corrected chi connectivity index (χ2v) is 3.01. The molecule has 1 aromatic heterocycles. The van der Waals surface area contributed by atoms with E-state index < -0.39 is 0 Å². The fourth-order valence-electron chi connectivity index (χ4n) is 1.33. The Morgan fingerprint density at radius 1 is 1.62 bits per heavy atom. The van der Waals surface area contributed by atoms with Gasteiger partial charge in [-0.05, 0) is 12.5 Å². The molecule has 0 aliphatic carbocycles. The van der Waals surface area contributed by atoms with Crippen LogP contribution in [-0.2, 0) is 0 Å². The number of aromatic nitrogens is 1. The van der Waals surface area contributed by atoms with Crippen LogP contribution in [0.3, 0.4) is 0 Å². The summed E-state index contributed by atoms with van der Waals surface area (Å²) in [7, 11) is 1.64. The van der Waals surface area contributed by atoms with Gasteiger partial charge in [0.1, 0.15) is 5.75 Å². The van der Waals surface area contributed by atoms with Crippen molar-refractivity contribution in [3.8, 4) is 5.75 Å². The summed E-state index contributed by atoms with van der Waals surface area (Å²) in [6.45, 7) is 2.12. The van der Waals surface area contributed by atoms with Crippen molar-refractivity contribution in [3.05, 3.63) is 24.0 Å². The number of nitrogens with zero attached hydrogens (tertiary/aromatic N) is 1. The predicted octanol–water partition coefficient (Wildman–Crippen LogP) is 1.89. The molecule has 1 heterocycles. The molecule has 0 aromatic carbocycles. The zero-order valence-electron chi connectivity index (χ0n) is 8.16. The van der Waals surface area contributed by atoms with Crippen LogP contribution >= 0.6 is 0 Å². The molecule has 3 heteroatoms. The average molecular weight is 180 g/mol. The zero-order valence-corrected chi connectivity index (χ0v) is 8.16. The van der Waals surface area contributed by atoms with Crippen molar-refractivity contribution < 1.29 is 4.74 Å². The van der Waals surface area contributed by atoms with Gasteiger partial charge in [0.2, 0.25) is 0 Å². The number of methoxy groups -OCH3 is 1. The molecule has 0 bridgehead atoms. The standard InChI is InChI=1S/C10H16N2O/c1-3-4-9(11)8-5-6-12-7-10(8)13-2/h5-7,9H,3-4,11H2,1-2H3. The summed E-state index contributed by atoms with van der Waals surface area (Å²) in [6, 6.07) is 1.97. The van der Waals surface area contributed by atoms with E-state index in [2.05, 4.69) is 11.9 Å². The van der Waals surface area contributed by atoms with Crippen LogP contribution < -0.4 is 10.5 Å². The molecule has 1 atom stereocenters. The largest absolute Gasteiger partial charge is 0.495 e. The Kier molecular flexibility index (Phi) is 3.71. The lowest BCUT2D eigenvalue weighted by Gasteiger charge is -2.13. The maximum atomic E-state index is 5.97. The van der Waals surface area contributed by atoms with Gasteiger partial charge in [0.25, 0.3) is 0 Å². The molecule has 1 rings (SSSR count). The Bertz CT molecular complexity index is 263. The smallest absolute Gasteiger partial charge is 0.141 e. The van der Waals surface area contributed by atoms with Gasteiger partial charge in [-0.25, -0.2) is 0 Å². The molecule has 0 amide bonds. The molecule has 0 radical (unpaired) electrons. The molecule has 0 aliphatic rings. The molecule has 0 saturated heterocycles. The molecule has 3 nitrogen and oxygen atoms in total. The third-order valence-electron chi connectivity index (χ3n) is 2.04. The third kappa shape index (κ3) is 2.42. The zero-order chi connectivity index (χ0) is 9.68. The molecule has 13 heavy (non-hydrogen) atoms. The second kappa shape index (κ2) is 4.82. The number of hydrogen-bond acceptors (Lipinski definition) is 3. The minimum atomic E-state index is 0.0583. The quantitative estimate of drug-likeness (QED) is 0.769. The van der Waals surface area contributed by atoms with Crippen LogP contribution in [-0.4, -0.2) is 12.1 Å². The number of rotatable bonds is 4. The van der Waals surface area contributed by atoms with Gasteiger partial charge in [-0.2, -0.15) is 0 Å². The molecule has 2 N–H and O–H groups in total. The van der Waals surface area contributed by atoms with E-state index in [4.69, 9.17) is 10.5 Å². The Labute approximate surface area is 78.9 Å². The van der Waals surface area contributed by atoms with Gasteiger partial charge in [-0.3, -0.25) is 4.98 Å². The highest BCUT2D eigenvalue weighted by molar-refractivity contribution is 5.32. The van der Waals surface area contributed by atoms with Gasteiger partial charge in [0, 0.05) is 17.8 Å². The fraction of sp³-hybridized carbons (Fsp3) is 0.500. The molecular weight excluding hydrogens is 164 g/mol. The maximum Gasteiger partial charge on any atom is 0.141 e. The van der Waals surface area contributed by atoms with E-state index in [0.29, 0.717) is 0 Å². The van der Waals surface area contributed by atoms with E-state index in [-0.39, 0.29) is 6.04 Å². The van der Waals surface area contributed by atoms with E-state index in [9.17, 15) is 0 Å². The Balaban J connectivity index is 2.85. The van der Waals surface area contributed by atoms with Crippen molar-refractivity contribution in [2.75, 3.05) is 7.11 Å². The first kappa shape index (κ1) is 9.99. The van der Waals surface area contributed by atoms with Crippen LogP contribution in [0.1, 0.15) is 31.4 Å². The Morgan fingerprint density at radius 3 is 3.00 bits per heavy atom. The van der Waals surface area contributed by atoms with Gasteiger partial charge < -0.3 is 10.5 Å². The molecular formula is C10H16N2O. The average Bonchev–Trinajstić information content (AvgIpc) is 2.18. The Morgan fingerprint density at radius 2 is 2.38 bits per heavy atom. The van der Waals surface area contributed by atoms with E-state index >= 15 is 0 Å². The van der Waals surface area contributed by atoms with E-state index in [1.807, 2.05) is 6.07 Å². The van der Waals surface area contributed by atoms with Gasteiger partial charge >= 0.3 is 0 Å². The van der Waals surface area contributed by atoms with Crippen LogP contribution in [0.25, 0.3) is 0 Å². The summed E-state index contributed by atoms with van der Waals surface area (Å²) in [6.07, 6.45) is 5.49. The normalized spacial score (nSPS) is 12.5. The van der Waals surface area contributed by atoms with Crippen LogP contribution in [0.5, 0.6) is 5.75 Å². The highest BCUT2D eigenvalue weighted by atomic mass is 16.5. The van der Waals surface area contributed by atoms with Crippen molar-refractivity contribution in [2.24, 2.45) is 5.73 Å². The highest BCUT2D eigenvalue weighted by Crippen LogP contribution is 2.24.